The molecule has 0 radical (unpaired) electrons. The van der Waals surface area contributed by atoms with Crippen LogP contribution in [0.4, 0.5) is 0 Å². The summed E-state index contributed by atoms with van der Waals surface area (Å²) < 4.78 is 1.80. The van der Waals surface area contributed by atoms with Gasteiger partial charge >= 0.3 is 0 Å². The van der Waals surface area contributed by atoms with Crippen LogP contribution < -0.4 is 5.32 Å². The van der Waals surface area contributed by atoms with E-state index in [9.17, 15) is 4.79 Å². The van der Waals surface area contributed by atoms with Gasteiger partial charge in [0.05, 0.1) is 12.2 Å². The summed E-state index contributed by atoms with van der Waals surface area (Å²) in [5.74, 6) is 0.239. The van der Waals surface area contributed by atoms with Gasteiger partial charge in [-0.2, -0.15) is 5.10 Å². The van der Waals surface area contributed by atoms with E-state index >= 15 is 0 Å². The van der Waals surface area contributed by atoms with E-state index < -0.39 is 0 Å². The number of aryl methyl sites for hydroxylation is 1. The Morgan fingerprint density at radius 2 is 2.00 bits per heavy atom. The first-order chi connectivity index (χ1) is 10.7. The van der Waals surface area contributed by atoms with E-state index in [1.165, 1.54) is 25.7 Å². The highest BCUT2D eigenvalue weighted by Gasteiger charge is 2.47. The van der Waals surface area contributed by atoms with E-state index in [2.05, 4.69) is 22.2 Å². The molecule has 1 saturated carbocycles. The van der Waals surface area contributed by atoms with Crippen LogP contribution in [0.25, 0.3) is 0 Å². The van der Waals surface area contributed by atoms with Crippen LogP contribution in [0.15, 0.2) is 12.4 Å². The lowest BCUT2D eigenvalue weighted by Gasteiger charge is -2.38. The second-order valence-electron chi connectivity index (χ2n) is 6.81. The molecule has 2 aliphatic rings. The Hall–Kier alpha value is -1.36. The van der Waals surface area contributed by atoms with Gasteiger partial charge in [-0.25, -0.2) is 0 Å². The Morgan fingerprint density at radius 1 is 1.32 bits per heavy atom. The van der Waals surface area contributed by atoms with Crippen molar-refractivity contribution in [2.45, 2.75) is 63.5 Å². The standard InChI is InChI=1S/C17H28N4O/c1-3-15(14-12-18-20(2)13-14)19-16(22)17(8-4-5-9-17)21-10-6-7-11-21/h12-13,15H,3-11H2,1-2H3,(H,19,22)/t15-/m1/s1. The fourth-order valence-electron chi connectivity index (χ4n) is 4.13. The van der Waals surface area contributed by atoms with Crippen molar-refractivity contribution in [1.29, 1.82) is 0 Å². The maximum atomic E-state index is 13.1. The molecule has 1 atom stereocenters. The van der Waals surface area contributed by atoms with Crippen molar-refractivity contribution < 1.29 is 4.79 Å². The van der Waals surface area contributed by atoms with Crippen LogP contribution in [-0.2, 0) is 11.8 Å². The fourth-order valence-corrected chi connectivity index (χ4v) is 4.13. The molecule has 0 unspecified atom stereocenters. The lowest BCUT2D eigenvalue weighted by Crippen LogP contribution is -2.56. The van der Waals surface area contributed by atoms with Crippen molar-refractivity contribution in [1.82, 2.24) is 20.0 Å². The van der Waals surface area contributed by atoms with Crippen LogP contribution in [0, 0.1) is 0 Å². The predicted molar refractivity (Wildman–Crippen MR) is 86.4 cm³/mol. The molecule has 122 valence electrons. The fraction of sp³-hybridized carbons (Fsp3) is 0.765. The highest BCUT2D eigenvalue weighted by Crippen LogP contribution is 2.38. The molecular weight excluding hydrogens is 276 g/mol. The molecule has 1 aliphatic carbocycles. The summed E-state index contributed by atoms with van der Waals surface area (Å²) in [6, 6.07) is 0.0706. The van der Waals surface area contributed by atoms with Gasteiger partial charge in [0, 0.05) is 18.8 Å². The summed E-state index contributed by atoms with van der Waals surface area (Å²) in [5.41, 5.74) is 0.861. The van der Waals surface area contributed by atoms with Gasteiger partial charge in [-0.3, -0.25) is 14.4 Å². The number of amides is 1. The molecule has 0 spiro atoms. The van der Waals surface area contributed by atoms with Crippen molar-refractivity contribution in [2.75, 3.05) is 13.1 Å². The molecule has 1 aromatic rings. The topological polar surface area (TPSA) is 50.2 Å². The molecule has 1 aromatic heterocycles. The zero-order valence-corrected chi connectivity index (χ0v) is 13.8. The third-order valence-corrected chi connectivity index (χ3v) is 5.41. The number of hydrogen-bond donors (Lipinski definition) is 1. The molecule has 2 fully saturated rings. The van der Waals surface area contributed by atoms with E-state index in [1.54, 1.807) is 4.68 Å². The summed E-state index contributed by atoms with van der Waals surface area (Å²) in [4.78, 5) is 15.6. The predicted octanol–water partition coefficient (Wildman–Crippen LogP) is 2.40. The molecule has 22 heavy (non-hydrogen) atoms. The van der Waals surface area contributed by atoms with Crippen molar-refractivity contribution in [3.63, 3.8) is 0 Å². The Bertz CT molecular complexity index is 512. The van der Waals surface area contributed by atoms with Gasteiger partial charge in [0.25, 0.3) is 0 Å². The summed E-state index contributed by atoms with van der Waals surface area (Å²) in [7, 11) is 1.92. The third kappa shape index (κ3) is 2.78. The van der Waals surface area contributed by atoms with Crippen LogP contribution in [-0.4, -0.2) is 39.2 Å². The lowest BCUT2D eigenvalue weighted by molar-refractivity contribution is -0.133. The highest BCUT2D eigenvalue weighted by atomic mass is 16.2. The average molecular weight is 304 g/mol. The Morgan fingerprint density at radius 3 is 2.55 bits per heavy atom. The lowest BCUT2D eigenvalue weighted by atomic mass is 9.93. The van der Waals surface area contributed by atoms with Gasteiger partial charge in [0.1, 0.15) is 5.54 Å². The number of aromatic nitrogens is 2. The average Bonchev–Trinajstić information content (AvgIpc) is 3.24. The van der Waals surface area contributed by atoms with E-state index in [0.717, 1.165) is 37.9 Å². The van der Waals surface area contributed by atoms with Crippen molar-refractivity contribution in [2.24, 2.45) is 7.05 Å². The quantitative estimate of drug-likeness (QED) is 0.909. The highest BCUT2D eigenvalue weighted by molar-refractivity contribution is 5.87. The van der Waals surface area contributed by atoms with Crippen LogP contribution >= 0.6 is 0 Å². The number of hydrogen-bond acceptors (Lipinski definition) is 3. The first kappa shape index (κ1) is 15.5. The second kappa shape index (κ2) is 6.41. The van der Waals surface area contributed by atoms with Gasteiger partial charge in [-0.15, -0.1) is 0 Å². The van der Waals surface area contributed by atoms with E-state index in [-0.39, 0.29) is 17.5 Å². The third-order valence-electron chi connectivity index (χ3n) is 5.41. The maximum absolute atomic E-state index is 13.1. The zero-order valence-electron chi connectivity index (χ0n) is 13.8. The molecule has 1 N–H and O–H groups in total. The first-order valence-corrected chi connectivity index (χ1v) is 8.70. The molecular formula is C17H28N4O. The number of rotatable bonds is 5. The number of nitrogens with one attached hydrogen (secondary N) is 1. The SMILES string of the molecule is CC[C@@H](NC(=O)C1(N2CCCC2)CCCC1)c1cnn(C)c1. The zero-order chi connectivity index (χ0) is 15.6. The minimum Gasteiger partial charge on any atom is -0.348 e. The molecule has 1 amide bonds. The van der Waals surface area contributed by atoms with Gasteiger partial charge < -0.3 is 5.32 Å². The molecule has 1 saturated heterocycles. The van der Waals surface area contributed by atoms with Crippen molar-refractivity contribution in [3.8, 4) is 0 Å². The minimum atomic E-state index is -0.244. The number of carbonyl (C=O) groups excluding carboxylic acids is 1. The molecule has 0 bridgehead atoms. The second-order valence-corrected chi connectivity index (χ2v) is 6.81. The molecule has 3 rings (SSSR count). The van der Waals surface area contributed by atoms with Crippen LogP contribution in [0.1, 0.15) is 63.5 Å². The van der Waals surface area contributed by atoms with Gasteiger partial charge in [0.15, 0.2) is 0 Å². The summed E-state index contributed by atoms with van der Waals surface area (Å²) in [6.07, 6.45) is 11.6. The summed E-state index contributed by atoms with van der Waals surface area (Å²) in [5, 5.41) is 7.56. The first-order valence-electron chi connectivity index (χ1n) is 8.70. The van der Waals surface area contributed by atoms with Gasteiger partial charge in [-0.1, -0.05) is 19.8 Å². The Balaban J connectivity index is 1.75. The number of likely N-dealkylation sites (tertiary alicyclic amines) is 1. The smallest absolute Gasteiger partial charge is 0.241 e. The normalized spacial score (nSPS) is 22.8. The van der Waals surface area contributed by atoms with Crippen LogP contribution in [0.5, 0.6) is 0 Å². The van der Waals surface area contributed by atoms with Gasteiger partial charge in [-0.05, 0) is 45.2 Å². The summed E-state index contributed by atoms with van der Waals surface area (Å²) >= 11 is 0. The monoisotopic (exact) mass is 304 g/mol. The molecule has 0 aromatic carbocycles. The van der Waals surface area contributed by atoms with Crippen LogP contribution in [0.2, 0.25) is 0 Å². The Labute approximate surface area is 133 Å². The molecule has 1 aliphatic heterocycles. The Kier molecular flexibility index (Phi) is 4.52. The molecule has 5 nitrogen and oxygen atoms in total. The van der Waals surface area contributed by atoms with Crippen molar-refractivity contribution in [3.05, 3.63) is 18.0 Å². The molecule has 2 heterocycles. The largest absolute Gasteiger partial charge is 0.348 e. The molecule has 5 heteroatoms. The van der Waals surface area contributed by atoms with Crippen molar-refractivity contribution >= 4 is 5.91 Å². The number of nitrogens with zero attached hydrogens (tertiary/aromatic N) is 3. The van der Waals surface area contributed by atoms with E-state index in [0.29, 0.717) is 0 Å². The minimum absolute atomic E-state index is 0.0706. The summed E-state index contributed by atoms with van der Waals surface area (Å²) in [6.45, 7) is 4.28. The maximum Gasteiger partial charge on any atom is 0.241 e. The number of carbonyl (C=O) groups is 1. The van der Waals surface area contributed by atoms with Crippen LogP contribution in [0.3, 0.4) is 0 Å². The van der Waals surface area contributed by atoms with E-state index in [1.807, 2.05) is 19.4 Å². The van der Waals surface area contributed by atoms with Gasteiger partial charge in [0.2, 0.25) is 5.91 Å². The van der Waals surface area contributed by atoms with E-state index in [4.69, 9.17) is 0 Å².